The second kappa shape index (κ2) is 7.68. The van der Waals surface area contributed by atoms with Crippen LogP contribution in [0.5, 0.6) is 0 Å². The molecule has 0 aliphatic heterocycles. The third kappa shape index (κ3) is 3.10. The van der Waals surface area contributed by atoms with Crippen LogP contribution in [0.1, 0.15) is 36.4 Å². The van der Waals surface area contributed by atoms with Gasteiger partial charge >= 0.3 is 0 Å². The normalized spacial score (nSPS) is 10.3. The number of hydrogen-bond donors (Lipinski definition) is 0. The fourth-order valence-corrected chi connectivity index (χ4v) is 3.46. The molecule has 0 saturated carbocycles. The van der Waals surface area contributed by atoms with E-state index in [1.165, 1.54) is 0 Å². The predicted molar refractivity (Wildman–Crippen MR) is 103 cm³/mol. The molecule has 0 aliphatic carbocycles. The second-order valence-electron chi connectivity index (χ2n) is 6.07. The van der Waals surface area contributed by atoms with Gasteiger partial charge < -0.3 is 4.57 Å². The summed E-state index contributed by atoms with van der Waals surface area (Å²) in [5.41, 5.74) is 6.65. The molecule has 0 atom stereocenters. The number of benzene rings is 1. The molecule has 0 spiro atoms. The Morgan fingerprint density at radius 2 is 1.85 bits per heavy atom. The van der Waals surface area contributed by atoms with E-state index in [9.17, 15) is 5.26 Å². The maximum atomic E-state index is 9.87. The van der Waals surface area contributed by atoms with Crippen LogP contribution in [0.2, 0.25) is 0 Å². The molecule has 0 bridgehead atoms. The molecule has 0 unspecified atom stereocenters. The highest BCUT2D eigenvalue weighted by Gasteiger charge is 2.22. The molecule has 1 aromatic carbocycles. The second-order valence-corrected chi connectivity index (χ2v) is 6.07. The van der Waals surface area contributed by atoms with Crippen LogP contribution in [0.25, 0.3) is 16.0 Å². The minimum atomic E-state index is 0.607. The summed E-state index contributed by atoms with van der Waals surface area (Å²) in [6.45, 7) is 12.0. The standard InChI is InChI=1S/C22H20N4/c1-4-20-19(13-23)22(17-8-10-18(24-3)11-9-17)21(5-2)26(20)15-16-7-6-12-25-14-16/h6-12,14H,4-5,15H2,1-2H3. The van der Waals surface area contributed by atoms with Crippen molar-refractivity contribution < 1.29 is 0 Å². The van der Waals surface area contributed by atoms with Gasteiger partial charge in [0.05, 0.1) is 12.1 Å². The first-order valence-corrected chi connectivity index (χ1v) is 8.74. The summed E-state index contributed by atoms with van der Waals surface area (Å²) < 4.78 is 2.26. The van der Waals surface area contributed by atoms with Gasteiger partial charge in [0, 0.05) is 35.9 Å². The predicted octanol–water partition coefficient (Wildman–Crippen LogP) is 5.15. The monoisotopic (exact) mass is 340 g/mol. The summed E-state index contributed by atoms with van der Waals surface area (Å²) >= 11 is 0. The fourth-order valence-electron chi connectivity index (χ4n) is 3.46. The maximum Gasteiger partial charge on any atom is 0.187 e. The molecule has 3 aromatic rings. The van der Waals surface area contributed by atoms with Gasteiger partial charge in [0.2, 0.25) is 0 Å². The van der Waals surface area contributed by atoms with Gasteiger partial charge in [-0.3, -0.25) is 4.98 Å². The molecule has 0 fully saturated rings. The van der Waals surface area contributed by atoms with E-state index < -0.39 is 0 Å². The molecular formula is C22H20N4. The number of rotatable bonds is 5. The molecule has 4 heteroatoms. The lowest BCUT2D eigenvalue weighted by Gasteiger charge is -2.13. The lowest BCUT2D eigenvalue weighted by molar-refractivity contribution is 0.706. The van der Waals surface area contributed by atoms with E-state index in [1.807, 2.05) is 36.5 Å². The summed E-state index contributed by atoms with van der Waals surface area (Å²) in [6.07, 6.45) is 5.26. The summed E-state index contributed by atoms with van der Waals surface area (Å²) in [4.78, 5) is 7.67. The van der Waals surface area contributed by atoms with E-state index in [-0.39, 0.29) is 0 Å². The molecule has 26 heavy (non-hydrogen) atoms. The minimum Gasteiger partial charge on any atom is -0.342 e. The molecule has 0 amide bonds. The topological polar surface area (TPSA) is 46.0 Å². The van der Waals surface area contributed by atoms with Crippen molar-refractivity contribution in [3.8, 4) is 17.2 Å². The molecule has 0 radical (unpaired) electrons. The van der Waals surface area contributed by atoms with E-state index in [2.05, 4.69) is 40.4 Å². The lowest BCUT2D eigenvalue weighted by Crippen LogP contribution is -2.08. The SMILES string of the molecule is [C-]#[N+]c1ccc(-c2c(C#N)c(CC)n(Cc3cccnc3)c2CC)cc1. The van der Waals surface area contributed by atoms with Gasteiger partial charge in [-0.2, -0.15) is 5.26 Å². The largest absolute Gasteiger partial charge is 0.342 e. The zero-order valence-corrected chi connectivity index (χ0v) is 15.0. The van der Waals surface area contributed by atoms with Crippen LogP contribution >= 0.6 is 0 Å². The molecule has 0 N–H and O–H groups in total. The third-order valence-corrected chi connectivity index (χ3v) is 4.61. The highest BCUT2D eigenvalue weighted by molar-refractivity contribution is 5.76. The van der Waals surface area contributed by atoms with Gasteiger partial charge in [0.15, 0.2) is 5.69 Å². The van der Waals surface area contributed by atoms with E-state index in [4.69, 9.17) is 6.57 Å². The van der Waals surface area contributed by atoms with Crippen LogP contribution in [0.3, 0.4) is 0 Å². The quantitative estimate of drug-likeness (QED) is 0.603. The van der Waals surface area contributed by atoms with Crippen LogP contribution in [0.4, 0.5) is 5.69 Å². The van der Waals surface area contributed by atoms with Crippen molar-refractivity contribution in [3.05, 3.63) is 82.7 Å². The Balaban J connectivity index is 2.20. The van der Waals surface area contributed by atoms with Gasteiger partial charge in [-0.15, -0.1) is 0 Å². The first kappa shape index (κ1) is 17.5. The minimum absolute atomic E-state index is 0.607. The van der Waals surface area contributed by atoms with Crippen molar-refractivity contribution in [2.75, 3.05) is 0 Å². The Hall–Kier alpha value is -3.37. The summed E-state index contributed by atoms with van der Waals surface area (Å²) in [6, 6.07) is 13.9. The van der Waals surface area contributed by atoms with Crippen LogP contribution in [0.15, 0.2) is 48.8 Å². The van der Waals surface area contributed by atoms with Crippen LogP contribution < -0.4 is 0 Å². The highest BCUT2D eigenvalue weighted by atomic mass is 15.0. The van der Waals surface area contributed by atoms with Gasteiger partial charge in [0.1, 0.15) is 6.07 Å². The van der Waals surface area contributed by atoms with Gasteiger partial charge in [-0.05, 0) is 30.0 Å². The van der Waals surface area contributed by atoms with Crippen LogP contribution in [-0.2, 0) is 19.4 Å². The maximum absolute atomic E-state index is 9.87. The molecule has 3 rings (SSSR count). The summed E-state index contributed by atoms with van der Waals surface area (Å²) in [5.74, 6) is 0. The number of nitriles is 1. The van der Waals surface area contributed by atoms with Crippen molar-refractivity contribution in [2.45, 2.75) is 33.2 Å². The first-order chi connectivity index (χ1) is 12.7. The Bertz CT molecular complexity index is 984. The summed E-state index contributed by atoms with van der Waals surface area (Å²) in [7, 11) is 0. The third-order valence-electron chi connectivity index (χ3n) is 4.61. The zero-order chi connectivity index (χ0) is 18.5. The Kier molecular flexibility index (Phi) is 5.15. The summed E-state index contributed by atoms with van der Waals surface area (Å²) in [5, 5.41) is 9.87. The molecule has 2 aromatic heterocycles. The van der Waals surface area contributed by atoms with Crippen LogP contribution in [0, 0.1) is 17.9 Å². The van der Waals surface area contributed by atoms with Crippen molar-refractivity contribution in [2.24, 2.45) is 0 Å². The Morgan fingerprint density at radius 3 is 2.38 bits per heavy atom. The number of aromatic nitrogens is 2. The Labute approximate surface area is 154 Å². The van der Waals surface area contributed by atoms with E-state index >= 15 is 0 Å². The molecule has 0 aliphatic rings. The first-order valence-electron chi connectivity index (χ1n) is 8.74. The van der Waals surface area contributed by atoms with E-state index in [0.29, 0.717) is 12.2 Å². The smallest absolute Gasteiger partial charge is 0.187 e. The number of hydrogen-bond acceptors (Lipinski definition) is 2. The average Bonchev–Trinajstić information content (AvgIpc) is 3.01. The van der Waals surface area contributed by atoms with E-state index in [1.54, 1.807) is 6.20 Å². The van der Waals surface area contributed by atoms with Crippen molar-refractivity contribution in [3.63, 3.8) is 0 Å². The van der Waals surface area contributed by atoms with E-state index in [0.717, 1.165) is 46.5 Å². The molecule has 2 heterocycles. The van der Waals surface area contributed by atoms with Crippen molar-refractivity contribution >= 4 is 5.69 Å². The van der Waals surface area contributed by atoms with Crippen molar-refractivity contribution in [1.82, 2.24) is 9.55 Å². The Morgan fingerprint density at radius 1 is 1.12 bits per heavy atom. The van der Waals surface area contributed by atoms with Crippen molar-refractivity contribution in [1.29, 1.82) is 5.26 Å². The molecule has 0 saturated heterocycles. The molecule has 4 nitrogen and oxygen atoms in total. The van der Waals surface area contributed by atoms with Crippen LogP contribution in [-0.4, -0.2) is 9.55 Å². The molecular weight excluding hydrogens is 320 g/mol. The van der Waals surface area contributed by atoms with Gasteiger partial charge in [-0.1, -0.05) is 44.2 Å². The molecule has 128 valence electrons. The number of nitrogens with zero attached hydrogens (tertiary/aromatic N) is 4. The fraction of sp³-hybridized carbons (Fsp3) is 0.227. The number of pyridine rings is 1. The lowest BCUT2D eigenvalue weighted by atomic mass is 9.99. The van der Waals surface area contributed by atoms with Gasteiger partial charge in [-0.25, -0.2) is 4.85 Å². The highest BCUT2D eigenvalue weighted by Crippen LogP contribution is 2.35. The van der Waals surface area contributed by atoms with Gasteiger partial charge in [0.25, 0.3) is 0 Å². The zero-order valence-electron chi connectivity index (χ0n) is 15.0. The average molecular weight is 340 g/mol.